The van der Waals surface area contributed by atoms with Gasteiger partial charge < -0.3 is 10.5 Å². The van der Waals surface area contributed by atoms with Gasteiger partial charge in [0.15, 0.2) is 0 Å². The standard InChI is InChI=1S/C16H18FNOS/c1-11(18)12-3-8-16(19-2)13(9-12)10-20-15-6-4-14(17)5-7-15/h3-9,11H,10,18H2,1-2H3. The lowest BCUT2D eigenvalue weighted by Gasteiger charge is -2.12. The summed E-state index contributed by atoms with van der Waals surface area (Å²) in [5.41, 5.74) is 8.09. The molecule has 106 valence electrons. The number of hydrogen-bond acceptors (Lipinski definition) is 3. The third kappa shape index (κ3) is 3.74. The molecule has 0 heterocycles. The van der Waals surface area contributed by atoms with Gasteiger partial charge in [0, 0.05) is 22.3 Å². The third-order valence-electron chi connectivity index (χ3n) is 3.04. The number of rotatable bonds is 5. The van der Waals surface area contributed by atoms with E-state index in [4.69, 9.17) is 10.5 Å². The second-order valence-corrected chi connectivity index (χ2v) is 5.65. The summed E-state index contributed by atoms with van der Waals surface area (Å²) in [5, 5.41) is 0. The van der Waals surface area contributed by atoms with Crippen molar-refractivity contribution in [2.45, 2.75) is 23.6 Å². The highest BCUT2D eigenvalue weighted by Gasteiger charge is 2.08. The molecule has 0 radical (unpaired) electrons. The molecule has 2 aromatic rings. The van der Waals surface area contributed by atoms with E-state index in [0.717, 1.165) is 27.5 Å². The lowest BCUT2D eigenvalue weighted by molar-refractivity contribution is 0.411. The molecule has 20 heavy (non-hydrogen) atoms. The molecule has 0 saturated carbocycles. The van der Waals surface area contributed by atoms with Gasteiger partial charge in [0.05, 0.1) is 7.11 Å². The summed E-state index contributed by atoms with van der Waals surface area (Å²) in [6, 6.07) is 12.5. The van der Waals surface area contributed by atoms with Gasteiger partial charge in [-0.2, -0.15) is 0 Å². The molecule has 0 spiro atoms. The van der Waals surface area contributed by atoms with E-state index in [9.17, 15) is 4.39 Å². The van der Waals surface area contributed by atoms with Crippen molar-refractivity contribution in [3.63, 3.8) is 0 Å². The van der Waals surface area contributed by atoms with E-state index >= 15 is 0 Å². The fourth-order valence-corrected chi connectivity index (χ4v) is 2.76. The highest BCUT2D eigenvalue weighted by molar-refractivity contribution is 7.98. The molecule has 0 bridgehead atoms. The van der Waals surface area contributed by atoms with E-state index in [-0.39, 0.29) is 11.9 Å². The van der Waals surface area contributed by atoms with Crippen LogP contribution in [0.4, 0.5) is 4.39 Å². The van der Waals surface area contributed by atoms with Crippen molar-refractivity contribution in [3.05, 3.63) is 59.4 Å². The molecule has 0 amide bonds. The van der Waals surface area contributed by atoms with Crippen LogP contribution in [0.25, 0.3) is 0 Å². The Kier molecular flexibility index (Phi) is 5.04. The Morgan fingerprint density at radius 3 is 2.50 bits per heavy atom. The molecule has 0 aliphatic rings. The Labute approximate surface area is 123 Å². The van der Waals surface area contributed by atoms with Gasteiger partial charge in [0.1, 0.15) is 11.6 Å². The third-order valence-corrected chi connectivity index (χ3v) is 4.10. The monoisotopic (exact) mass is 291 g/mol. The minimum atomic E-state index is -0.217. The Bertz CT molecular complexity index is 569. The van der Waals surface area contributed by atoms with Crippen LogP contribution >= 0.6 is 11.8 Å². The molecule has 1 atom stereocenters. The highest BCUT2D eigenvalue weighted by Crippen LogP contribution is 2.30. The first-order valence-corrected chi connectivity index (χ1v) is 7.39. The second kappa shape index (κ2) is 6.77. The smallest absolute Gasteiger partial charge is 0.123 e. The van der Waals surface area contributed by atoms with Crippen LogP contribution in [0.1, 0.15) is 24.1 Å². The molecular formula is C16H18FNOS. The van der Waals surface area contributed by atoms with Crippen LogP contribution < -0.4 is 10.5 Å². The quantitative estimate of drug-likeness (QED) is 0.841. The average Bonchev–Trinajstić information content (AvgIpc) is 2.46. The largest absolute Gasteiger partial charge is 0.496 e. The first kappa shape index (κ1) is 14.9. The zero-order chi connectivity index (χ0) is 14.5. The van der Waals surface area contributed by atoms with Gasteiger partial charge >= 0.3 is 0 Å². The summed E-state index contributed by atoms with van der Waals surface area (Å²) in [5.74, 6) is 1.39. The number of nitrogens with two attached hydrogens (primary N) is 1. The van der Waals surface area contributed by atoms with Crippen molar-refractivity contribution >= 4 is 11.8 Å². The van der Waals surface area contributed by atoms with Crippen LogP contribution in [0.2, 0.25) is 0 Å². The van der Waals surface area contributed by atoms with E-state index in [0.29, 0.717) is 0 Å². The fourth-order valence-electron chi connectivity index (χ4n) is 1.89. The Morgan fingerprint density at radius 2 is 1.90 bits per heavy atom. The number of ether oxygens (including phenoxy) is 1. The van der Waals surface area contributed by atoms with E-state index in [1.54, 1.807) is 31.0 Å². The minimum Gasteiger partial charge on any atom is -0.496 e. The molecule has 2 N–H and O–H groups in total. The normalized spacial score (nSPS) is 12.2. The SMILES string of the molecule is COc1ccc(C(C)N)cc1CSc1ccc(F)cc1. The van der Waals surface area contributed by atoms with Crippen LogP contribution in [0.3, 0.4) is 0 Å². The van der Waals surface area contributed by atoms with Crippen LogP contribution in [0.5, 0.6) is 5.75 Å². The summed E-state index contributed by atoms with van der Waals surface area (Å²) < 4.78 is 18.2. The molecule has 0 aromatic heterocycles. The van der Waals surface area contributed by atoms with E-state index in [2.05, 4.69) is 6.07 Å². The van der Waals surface area contributed by atoms with Crippen LogP contribution in [0, 0.1) is 5.82 Å². The first-order valence-electron chi connectivity index (χ1n) is 6.41. The number of benzene rings is 2. The summed E-state index contributed by atoms with van der Waals surface area (Å²) in [6.45, 7) is 1.96. The molecule has 0 fully saturated rings. The minimum absolute atomic E-state index is 0.00419. The second-order valence-electron chi connectivity index (χ2n) is 4.60. The molecule has 0 aliphatic carbocycles. The van der Waals surface area contributed by atoms with E-state index in [1.807, 2.05) is 19.1 Å². The van der Waals surface area contributed by atoms with E-state index < -0.39 is 0 Å². The molecule has 0 saturated heterocycles. The summed E-state index contributed by atoms with van der Waals surface area (Å²) in [6.07, 6.45) is 0. The predicted octanol–water partition coefficient (Wildman–Crippen LogP) is 4.15. The predicted molar refractivity (Wildman–Crippen MR) is 81.6 cm³/mol. The number of halogens is 1. The molecule has 4 heteroatoms. The molecule has 1 unspecified atom stereocenters. The maximum Gasteiger partial charge on any atom is 0.123 e. The van der Waals surface area contributed by atoms with Gasteiger partial charge in [-0.05, 0) is 48.9 Å². The van der Waals surface area contributed by atoms with Gasteiger partial charge in [-0.1, -0.05) is 6.07 Å². The van der Waals surface area contributed by atoms with Gasteiger partial charge in [-0.25, -0.2) is 4.39 Å². The Balaban J connectivity index is 2.14. The highest BCUT2D eigenvalue weighted by atomic mass is 32.2. The maximum absolute atomic E-state index is 12.9. The maximum atomic E-state index is 12.9. The Morgan fingerprint density at radius 1 is 1.20 bits per heavy atom. The van der Waals surface area contributed by atoms with Crippen LogP contribution in [-0.4, -0.2) is 7.11 Å². The number of methoxy groups -OCH3 is 1. The van der Waals surface area contributed by atoms with Crippen molar-refractivity contribution in [2.75, 3.05) is 7.11 Å². The topological polar surface area (TPSA) is 35.2 Å². The molecule has 2 nitrogen and oxygen atoms in total. The zero-order valence-electron chi connectivity index (χ0n) is 11.6. The van der Waals surface area contributed by atoms with Gasteiger partial charge in [0.25, 0.3) is 0 Å². The Hall–Kier alpha value is -1.52. The summed E-state index contributed by atoms with van der Waals surface area (Å²) >= 11 is 1.64. The van der Waals surface area contributed by atoms with Gasteiger partial charge in [-0.3, -0.25) is 0 Å². The zero-order valence-corrected chi connectivity index (χ0v) is 12.4. The van der Waals surface area contributed by atoms with Crippen molar-refractivity contribution in [1.29, 1.82) is 0 Å². The molecule has 2 rings (SSSR count). The lowest BCUT2D eigenvalue weighted by Crippen LogP contribution is -2.05. The summed E-state index contributed by atoms with van der Waals surface area (Å²) in [7, 11) is 1.66. The van der Waals surface area contributed by atoms with Crippen LogP contribution in [-0.2, 0) is 5.75 Å². The van der Waals surface area contributed by atoms with Gasteiger partial charge in [0.2, 0.25) is 0 Å². The van der Waals surface area contributed by atoms with Crippen LogP contribution in [0.15, 0.2) is 47.4 Å². The van der Waals surface area contributed by atoms with Crippen molar-refractivity contribution < 1.29 is 9.13 Å². The average molecular weight is 291 g/mol. The summed E-state index contributed by atoms with van der Waals surface area (Å²) in [4.78, 5) is 1.03. The fraction of sp³-hybridized carbons (Fsp3) is 0.250. The molecular weight excluding hydrogens is 273 g/mol. The van der Waals surface area contributed by atoms with Crippen molar-refractivity contribution in [1.82, 2.24) is 0 Å². The van der Waals surface area contributed by atoms with Crippen molar-refractivity contribution in [2.24, 2.45) is 5.73 Å². The number of hydrogen-bond donors (Lipinski definition) is 1. The lowest BCUT2D eigenvalue weighted by atomic mass is 10.1. The van der Waals surface area contributed by atoms with Gasteiger partial charge in [-0.15, -0.1) is 11.8 Å². The van der Waals surface area contributed by atoms with E-state index in [1.165, 1.54) is 12.1 Å². The molecule has 2 aromatic carbocycles. The molecule has 0 aliphatic heterocycles. The first-order chi connectivity index (χ1) is 9.60. The van der Waals surface area contributed by atoms with Crippen molar-refractivity contribution in [3.8, 4) is 5.75 Å². The number of thioether (sulfide) groups is 1.